The van der Waals surface area contributed by atoms with Crippen LogP contribution in [-0.4, -0.2) is 30.2 Å². The van der Waals surface area contributed by atoms with Crippen LogP contribution in [0.5, 0.6) is 5.75 Å². The van der Waals surface area contributed by atoms with Crippen LogP contribution in [0.4, 0.5) is 0 Å². The van der Waals surface area contributed by atoms with Crippen molar-refractivity contribution in [2.24, 2.45) is 5.73 Å². The van der Waals surface area contributed by atoms with E-state index in [1.807, 2.05) is 30.3 Å². The molecule has 0 radical (unpaired) electrons. The summed E-state index contributed by atoms with van der Waals surface area (Å²) in [4.78, 5) is 15.8. The molecule has 2 aromatic rings. The minimum Gasteiger partial charge on any atom is -0.493 e. The highest BCUT2D eigenvalue weighted by atomic mass is 16.5. The van der Waals surface area contributed by atoms with Crippen molar-refractivity contribution in [3.63, 3.8) is 0 Å². The van der Waals surface area contributed by atoms with Gasteiger partial charge in [-0.25, -0.2) is 0 Å². The molecular formula is C16H20N2O3. The minimum atomic E-state index is -0.974. The summed E-state index contributed by atoms with van der Waals surface area (Å²) in [6, 6.07) is 9.61. The summed E-state index contributed by atoms with van der Waals surface area (Å²) in [6.07, 6.45) is 2.92. The van der Waals surface area contributed by atoms with Crippen LogP contribution in [0.15, 0.2) is 36.5 Å². The molecule has 1 heterocycles. The van der Waals surface area contributed by atoms with Gasteiger partial charge in [0, 0.05) is 11.6 Å². The van der Waals surface area contributed by atoms with E-state index in [9.17, 15) is 4.79 Å². The number of benzene rings is 1. The number of fused-ring (bicyclic) bond motifs is 1. The molecule has 0 amide bonds. The average molecular weight is 288 g/mol. The third kappa shape index (κ3) is 3.70. The van der Waals surface area contributed by atoms with Crippen LogP contribution in [0.3, 0.4) is 0 Å². The summed E-state index contributed by atoms with van der Waals surface area (Å²) in [5.41, 5.74) is 5.82. The fourth-order valence-electron chi connectivity index (χ4n) is 2.16. The van der Waals surface area contributed by atoms with Gasteiger partial charge in [-0.3, -0.25) is 9.78 Å². The van der Waals surface area contributed by atoms with Gasteiger partial charge in [-0.15, -0.1) is 0 Å². The maximum Gasteiger partial charge on any atom is 0.325 e. The van der Waals surface area contributed by atoms with Crippen molar-refractivity contribution in [1.82, 2.24) is 4.98 Å². The minimum absolute atomic E-state index is 0.406. The van der Waals surface area contributed by atoms with Gasteiger partial charge < -0.3 is 15.2 Å². The fourth-order valence-corrected chi connectivity index (χ4v) is 2.16. The zero-order valence-corrected chi connectivity index (χ0v) is 12.3. The van der Waals surface area contributed by atoms with Gasteiger partial charge in [-0.05, 0) is 44.0 Å². The van der Waals surface area contributed by atoms with Crippen molar-refractivity contribution < 1.29 is 14.3 Å². The Morgan fingerprint density at radius 3 is 2.90 bits per heavy atom. The largest absolute Gasteiger partial charge is 0.493 e. The standard InChI is InChI=1S/C16H20N2O3/c1-16(17,15(19)20-2)9-5-11-21-14-8-3-7-13-12(14)6-4-10-18-13/h3-4,6-8,10H,5,9,11,17H2,1-2H3. The number of ether oxygens (including phenoxy) is 2. The topological polar surface area (TPSA) is 74.4 Å². The first kappa shape index (κ1) is 15.3. The molecule has 0 bridgehead atoms. The van der Waals surface area contributed by atoms with E-state index in [1.165, 1.54) is 7.11 Å². The number of carbonyl (C=O) groups is 1. The van der Waals surface area contributed by atoms with E-state index in [0.717, 1.165) is 16.7 Å². The number of hydrogen-bond acceptors (Lipinski definition) is 5. The first-order valence-corrected chi connectivity index (χ1v) is 6.88. The number of nitrogens with zero attached hydrogens (tertiary/aromatic N) is 1. The molecule has 0 aliphatic carbocycles. The molecule has 2 rings (SSSR count). The van der Waals surface area contributed by atoms with Gasteiger partial charge in [-0.2, -0.15) is 0 Å². The van der Waals surface area contributed by atoms with Crippen molar-refractivity contribution in [2.75, 3.05) is 13.7 Å². The number of carbonyl (C=O) groups excluding carboxylic acids is 1. The predicted octanol–water partition coefficient (Wildman–Crippen LogP) is 2.28. The molecule has 0 saturated heterocycles. The number of methoxy groups -OCH3 is 1. The summed E-state index contributed by atoms with van der Waals surface area (Å²) in [5, 5.41) is 0.975. The highest BCUT2D eigenvalue weighted by molar-refractivity contribution is 5.84. The fraction of sp³-hybridized carbons (Fsp3) is 0.375. The maximum atomic E-state index is 11.5. The lowest BCUT2D eigenvalue weighted by Gasteiger charge is -2.21. The third-order valence-electron chi connectivity index (χ3n) is 3.36. The van der Waals surface area contributed by atoms with Gasteiger partial charge in [0.25, 0.3) is 0 Å². The Labute approximate surface area is 124 Å². The van der Waals surface area contributed by atoms with E-state index in [0.29, 0.717) is 19.4 Å². The molecule has 0 aliphatic heterocycles. The Kier molecular flexibility index (Phi) is 4.75. The second kappa shape index (κ2) is 6.54. The summed E-state index contributed by atoms with van der Waals surface area (Å²) in [7, 11) is 1.34. The van der Waals surface area contributed by atoms with Crippen LogP contribution >= 0.6 is 0 Å². The van der Waals surface area contributed by atoms with E-state index >= 15 is 0 Å². The van der Waals surface area contributed by atoms with Crippen LogP contribution in [0.2, 0.25) is 0 Å². The number of aromatic nitrogens is 1. The Bertz CT molecular complexity index is 620. The third-order valence-corrected chi connectivity index (χ3v) is 3.36. The molecule has 1 aromatic carbocycles. The molecule has 112 valence electrons. The number of hydrogen-bond donors (Lipinski definition) is 1. The van der Waals surface area contributed by atoms with Gasteiger partial charge in [0.1, 0.15) is 11.3 Å². The zero-order chi connectivity index (χ0) is 15.3. The molecule has 0 saturated carbocycles. The first-order valence-electron chi connectivity index (χ1n) is 6.88. The van der Waals surface area contributed by atoms with E-state index in [1.54, 1.807) is 13.1 Å². The van der Waals surface area contributed by atoms with Crippen LogP contribution < -0.4 is 10.5 Å². The monoisotopic (exact) mass is 288 g/mol. The van der Waals surface area contributed by atoms with Crippen LogP contribution in [0, 0.1) is 0 Å². The molecular weight excluding hydrogens is 268 g/mol. The second-order valence-corrected chi connectivity index (χ2v) is 5.19. The molecule has 2 N–H and O–H groups in total. The SMILES string of the molecule is COC(=O)C(C)(N)CCCOc1cccc2ncccc12. The molecule has 1 unspecified atom stereocenters. The smallest absolute Gasteiger partial charge is 0.325 e. The molecule has 21 heavy (non-hydrogen) atoms. The Morgan fingerprint density at radius 2 is 2.14 bits per heavy atom. The molecule has 1 atom stereocenters. The van der Waals surface area contributed by atoms with Crippen LogP contribution in [-0.2, 0) is 9.53 Å². The van der Waals surface area contributed by atoms with Gasteiger partial charge in [0.05, 0.1) is 19.2 Å². The zero-order valence-electron chi connectivity index (χ0n) is 12.3. The summed E-state index contributed by atoms with van der Waals surface area (Å²) >= 11 is 0. The highest BCUT2D eigenvalue weighted by Crippen LogP contribution is 2.24. The number of esters is 1. The quantitative estimate of drug-likeness (QED) is 0.652. The molecule has 0 fully saturated rings. The maximum absolute atomic E-state index is 11.5. The summed E-state index contributed by atoms with van der Waals surface area (Å²) < 4.78 is 10.5. The molecule has 0 aliphatic rings. The predicted molar refractivity (Wildman–Crippen MR) is 81.1 cm³/mol. The van der Waals surface area contributed by atoms with E-state index in [-0.39, 0.29) is 0 Å². The normalized spacial score (nSPS) is 13.7. The van der Waals surface area contributed by atoms with E-state index in [2.05, 4.69) is 9.72 Å². The number of rotatable bonds is 6. The van der Waals surface area contributed by atoms with E-state index < -0.39 is 11.5 Å². The summed E-state index contributed by atoms with van der Waals surface area (Å²) in [5.74, 6) is 0.384. The Balaban J connectivity index is 1.93. The number of nitrogens with two attached hydrogens (primary N) is 1. The van der Waals surface area contributed by atoms with Crippen molar-refractivity contribution in [3.8, 4) is 5.75 Å². The summed E-state index contributed by atoms with van der Waals surface area (Å²) in [6.45, 7) is 2.15. The van der Waals surface area contributed by atoms with E-state index in [4.69, 9.17) is 10.5 Å². The molecule has 0 spiro atoms. The van der Waals surface area contributed by atoms with Gasteiger partial charge in [0.15, 0.2) is 0 Å². The molecule has 5 heteroatoms. The number of pyridine rings is 1. The molecule has 5 nitrogen and oxygen atoms in total. The van der Waals surface area contributed by atoms with Crippen molar-refractivity contribution in [1.29, 1.82) is 0 Å². The average Bonchev–Trinajstić information content (AvgIpc) is 2.50. The van der Waals surface area contributed by atoms with Crippen molar-refractivity contribution in [2.45, 2.75) is 25.3 Å². The Hall–Kier alpha value is -2.14. The lowest BCUT2D eigenvalue weighted by atomic mass is 9.98. The lowest BCUT2D eigenvalue weighted by Crippen LogP contribution is -2.45. The lowest BCUT2D eigenvalue weighted by molar-refractivity contribution is -0.146. The van der Waals surface area contributed by atoms with Crippen molar-refractivity contribution in [3.05, 3.63) is 36.5 Å². The van der Waals surface area contributed by atoms with Gasteiger partial charge in [0.2, 0.25) is 0 Å². The van der Waals surface area contributed by atoms with Crippen LogP contribution in [0.25, 0.3) is 10.9 Å². The first-order chi connectivity index (χ1) is 10.0. The van der Waals surface area contributed by atoms with Gasteiger partial charge >= 0.3 is 5.97 Å². The van der Waals surface area contributed by atoms with Crippen LogP contribution in [0.1, 0.15) is 19.8 Å². The second-order valence-electron chi connectivity index (χ2n) is 5.19. The highest BCUT2D eigenvalue weighted by Gasteiger charge is 2.28. The van der Waals surface area contributed by atoms with Gasteiger partial charge in [-0.1, -0.05) is 6.07 Å². The van der Waals surface area contributed by atoms with Crippen molar-refractivity contribution >= 4 is 16.9 Å². The molecule has 1 aromatic heterocycles. The Morgan fingerprint density at radius 1 is 1.33 bits per heavy atom.